The molecule has 100 valence electrons. The van der Waals surface area contributed by atoms with Crippen LogP contribution in [0.25, 0.3) is 0 Å². The molecule has 0 atom stereocenters. The number of piperidine rings is 1. The van der Waals surface area contributed by atoms with Crippen LogP contribution in [0.4, 0.5) is 0 Å². The van der Waals surface area contributed by atoms with Crippen molar-refractivity contribution in [3.8, 4) is 0 Å². The van der Waals surface area contributed by atoms with Crippen molar-refractivity contribution in [2.45, 2.75) is 19.8 Å². The van der Waals surface area contributed by atoms with Gasteiger partial charge in [-0.2, -0.15) is 0 Å². The second kappa shape index (κ2) is 6.33. The van der Waals surface area contributed by atoms with Gasteiger partial charge in [0.05, 0.1) is 26.2 Å². The van der Waals surface area contributed by atoms with E-state index in [1.165, 1.54) is 7.11 Å². The fourth-order valence-corrected chi connectivity index (χ4v) is 2.18. The Balaban J connectivity index is 2.39. The van der Waals surface area contributed by atoms with Gasteiger partial charge in [-0.1, -0.05) is 6.92 Å². The Morgan fingerprint density at radius 2 is 1.88 bits per heavy atom. The van der Waals surface area contributed by atoms with Crippen LogP contribution in [0.5, 0.6) is 0 Å². The highest BCUT2D eigenvalue weighted by molar-refractivity contribution is 5.72. The molecule has 0 aromatic rings. The summed E-state index contributed by atoms with van der Waals surface area (Å²) in [7, 11) is 1.42. The van der Waals surface area contributed by atoms with Crippen molar-refractivity contribution in [3.63, 3.8) is 0 Å². The summed E-state index contributed by atoms with van der Waals surface area (Å²) in [6, 6.07) is 0. The van der Waals surface area contributed by atoms with E-state index in [0.29, 0.717) is 6.54 Å². The number of methoxy groups -OCH3 is 1. The van der Waals surface area contributed by atoms with Crippen LogP contribution in [0.2, 0.25) is 0 Å². The third-order valence-corrected chi connectivity index (χ3v) is 3.49. The van der Waals surface area contributed by atoms with Crippen molar-refractivity contribution in [1.29, 1.82) is 0 Å². The Labute approximate surface area is 102 Å². The molecule has 1 saturated heterocycles. The molecule has 5 nitrogen and oxygen atoms in total. The summed E-state index contributed by atoms with van der Waals surface area (Å²) in [5.74, 6) is -0.123. The summed E-state index contributed by atoms with van der Waals surface area (Å²) in [6.07, 6.45) is 1.58. The third kappa shape index (κ3) is 3.94. The molecule has 0 spiro atoms. The number of hydrogen-bond acceptors (Lipinski definition) is 5. The lowest BCUT2D eigenvalue weighted by Crippen LogP contribution is -2.45. The monoisotopic (exact) mass is 245 g/mol. The quantitative estimate of drug-likeness (QED) is 0.660. The molecule has 0 aromatic heterocycles. The van der Waals surface area contributed by atoms with Gasteiger partial charge in [-0.25, -0.2) is 0 Å². The Morgan fingerprint density at radius 3 is 2.29 bits per heavy atom. The summed E-state index contributed by atoms with van der Waals surface area (Å²) < 4.78 is 4.73. The summed E-state index contributed by atoms with van der Waals surface area (Å²) in [5, 5.41) is 18.5. The van der Waals surface area contributed by atoms with E-state index in [2.05, 4.69) is 4.90 Å². The van der Waals surface area contributed by atoms with E-state index in [9.17, 15) is 15.0 Å². The third-order valence-electron chi connectivity index (χ3n) is 3.49. The fraction of sp³-hybridized carbons (Fsp3) is 0.917. The summed E-state index contributed by atoms with van der Waals surface area (Å²) in [5.41, 5.74) is -0.460. The van der Waals surface area contributed by atoms with Gasteiger partial charge in [-0.3, -0.25) is 4.79 Å². The summed E-state index contributed by atoms with van der Waals surface area (Å²) in [6.45, 7) is 4.10. The Kier molecular flexibility index (Phi) is 5.36. The molecule has 1 heterocycles. The second-order valence-corrected chi connectivity index (χ2v) is 5.20. The number of likely N-dealkylation sites (tertiary alicyclic amines) is 1. The van der Waals surface area contributed by atoms with E-state index in [-0.39, 0.29) is 25.1 Å². The molecular weight excluding hydrogens is 222 g/mol. The Hall–Kier alpha value is -0.650. The van der Waals surface area contributed by atoms with Crippen LogP contribution in [-0.4, -0.2) is 61.0 Å². The van der Waals surface area contributed by atoms with E-state index < -0.39 is 5.41 Å². The number of aliphatic hydroxyl groups is 2. The minimum Gasteiger partial charge on any atom is -0.469 e. The van der Waals surface area contributed by atoms with E-state index in [1.807, 2.05) is 6.92 Å². The zero-order chi connectivity index (χ0) is 12.9. The van der Waals surface area contributed by atoms with Crippen LogP contribution in [-0.2, 0) is 9.53 Å². The summed E-state index contributed by atoms with van der Waals surface area (Å²) >= 11 is 0. The largest absolute Gasteiger partial charge is 0.469 e. The van der Waals surface area contributed by atoms with Crippen molar-refractivity contribution in [2.24, 2.45) is 11.3 Å². The maximum atomic E-state index is 11.4. The number of aliphatic hydroxyl groups excluding tert-OH is 2. The molecule has 1 fully saturated rings. The van der Waals surface area contributed by atoms with Gasteiger partial charge >= 0.3 is 5.97 Å². The number of hydrogen-bond donors (Lipinski definition) is 2. The number of rotatable bonds is 5. The zero-order valence-electron chi connectivity index (χ0n) is 10.7. The lowest BCUT2D eigenvalue weighted by Gasteiger charge is -2.36. The highest BCUT2D eigenvalue weighted by Gasteiger charge is 2.30. The van der Waals surface area contributed by atoms with Gasteiger partial charge in [0.25, 0.3) is 0 Å². The number of carbonyl (C=O) groups is 1. The highest BCUT2D eigenvalue weighted by Crippen LogP contribution is 2.23. The zero-order valence-corrected chi connectivity index (χ0v) is 10.7. The first kappa shape index (κ1) is 14.4. The molecule has 0 unspecified atom stereocenters. The molecule has 0 radical (unpaired) electrons. The molecule has 2 N–H and O–H groups in total. The number of carbonyl (C=O) groups excluding carboxylic acids is 1. The Bertz CT molecular complexity index is 245. The van der Waals surface area contributed by atoms with Crippen LogP contribution in [0.3, 0.4) is 0 Å². The van der Waals surface area contributed by atoms with Gasteiger partial charge in [0.1, 0.15) is 0 Å². The van der Waals surface area contributed by atoms with Crippen molar-refractivity contribution in [1.82, 2.24) is 4.90 Å². The molecule has 0 aliphatic carbocycles. The van der Waals surface area contributed by atoms with Crippen molar-refractivity contribution in [2.75, 3.05) is 40.0 Å². The van der Waals surface area contributed by atoms with Gasteiger partial charge in [0.2, 0.25) is 0 Å². The number of esters is 1. The van der Waals surface area contributed by atoms with Crippen molar-refractivity contribution in [3.05, 3.63) is 0 Å². The smallest absolute Gasteiger partial charge is 0.308 e. The van der Waals surface area contributed by atoms with Crippen LogP contribution >= 0.6 is 0 Å². The molecule has 17 heavy (non-hydrogen) atoms. The normalized spacial score (nSPS) is 19.3. The predicted molar refractivity (Wildman–Crippen MR) is 63.5 cm³/mol. The lowest BCUT2D eigenvalue weighted by atomic mass is 9.90. The molecule has 0 aromatic carbocycles. The van der Waals surface area contributed by atoms with Gasteiger partial charge in [-0.05, 0) is 25.9 Å². The van der Waals surface area contributed by atoms with Gasteiger partial charge < -0.3 is 19.8 Å². The maximum absolute atomic E-state index is 11.4. The van der Waals surface area contributed by atoms with E-state index >= 15 is 0 Å². The van der Waals surface area contributed by atoms with Crippen molar-refractivity contribution >= 4 is 5.97 Å². The van der Waals surface area contributed by atoms with Crippen LogP contribution in [0.1, 0.15) is 19.8 Å². The number of ether oxygens (including phenoxy) is 1. The lowest BCUT2D eigenvalue weighted by molar-refractivity contribution is -0.147. The predicted octanol–water partition coefficient (Wildman–Crippen LogP) is -0.138. The SMILES string of the molecule is COC(=O)C1CCN(CC(C)(CO)CO)CC1. The van der Waals surface area contributed by atoms with E-state index in [0.717, 1.165) is 25.9 Å². The first-order valence-electron chi connectivity index (χ1n) is 6.06. The van der Waals surface area contributed by atoms with E-state index in [1.54, 1.807) is 0 Å². The molecule has 1 rings (SSSR count). The van der Waals surface area contributed by atoms with Crippen LogP contribution in [0, 0.1) is 11.3 Å². The molecule has 0 bridgehead atoms. The minimum absolute atomic E-state index is 0.00533. The maximum Gasteiger partial charge on any atom is 0.308 e. The molecule has 0 amide bonds. The molecule has 1 aliphatic rings. The first-order chi connectivity index (χ1) is 8.04. The molecule has 1 aliphatic heterocycles. The van der Waals surface area contributed by atoms with Crippen molar-refractivity contribution < 1.29 is 19.7 Å². The van der Waals surface area contributed by atoms with Gasteiger partial charge in [-0.15, -0.1) is 0 Å². The molecule has 5 heteroatoms. The Morgan fingerprint density at radius 1 is 1.35 bits per heavy atom. The van der Waals surface area contributed by atoms with Crippen LogP contribution < -0.4 is 0 Å². The average Bonchev–Trinajstić information content (AvgIpc) is 2.38. The fourth-order valence-electron chi connectivity index (χ4n) is 2.18. The van der Waals surface area contributed by atoms with Crippen LogP contribution in [0.15, 0.2) is 0 Å². The summed E-state index contributed by atoms with van der Waals surface area (Å²) in [4.78, 5) is 13.5. The number of nitrogens with zero attached hydrogens (tertiary/aromatic N) is 1. The van der Waals surface area contributed by atoms with Gasteiger partial charge in [0.15, 0.2) is 0 Å². The molecular formula is C12H23NO4. The first-order valence-corrected chi connectivity index (χ1v) is 6.06. The van der Waals surface area contributed by atoms with Gasteiger partial charge in [0, 0.05) is 12.0 Å². The minimum atomic E-state index is -0.460. The molecule has 0 saturated carbocycles. The second-order valence-electron chi connectivity index (χ2n) is 5.20. The highest BCUT2D eigenvalue weighted by atomic mass is 16.5. The van der Waals surface area contributed by atoms with E-state index in [4.69, 9.17) is 4.74 Å². The topological polar surface area (TPSA) is 70.0 Å². The average molecular weight is 245 g/mol. The standard InChI is InChI=1S/C12H23NO4/c1-12(8-14,9-15)7-13-5-3-10(4-6-13)11(16)17-2/h10,14-15H,3-9H2,1-2H3.